The molecular weight excluding hydrogens is 645 g/mol. The van der Waals surface area contributed by atoms with Gasteiger partial charge in [-0.05, 0) is 124 Å². The summed E-state index contributed by atoms with van der Waals surface area (Å²) in [5.74, 6) is 0. The number of hydrogen-bond donors (Lipinski definition) is 0. The van der Waals surface area contributed by atoms with E-state index in [2.05, 4.69) is 182 Å². The predicted octanol–water partition coefficient (Wildman–Crippen LogP) is 13.8. The van der Waals surface area contributed by atoms with Crippen LogP contribution in [0.25, 0.3) is 77.2 Å². The highest BCUT2D eigenvalue weighted by molar-refractivity contribution is 7.99. The standard InChI is InChI=1S/C51H30S/c1-2-11-35-30-46-41(28-34(35)10-1)38-14-3-5-18-43(38)51(46)44-19-6-4-15-40(44)50-37(16-9-20-45(50)51)32-24-22-31(23-25-32)36-26-27-47-42(29-36)39-17-7-12-33-13-8-21-48(52-47)49(33)39/h1-30H. The molecule has 12 rings (SSSR count). The van der Waals surface area contributed by atoms with Gasteiger partial charge >= 0.3 is 0 Å². The van der Waals surface area contributed by atoms with Gasteiger partial charge in [0.1, 0.15) is 0 Å². The third kappa shape index (κ3) is 3.68. The Hall–Kier alpha value is -6.15. The maximum Gasteiger partial charge on any atom is 0.0725 e. The minimum absolute atomic E-state index is 0.375. The Morgan fingerprint density at radius 3 is 1.75 bits per heavy atom. The Bertz CT molecular complexity index is 2980. The highest BCUT2D eigenvalue weighted by Crippen LogP contribution is 2.64. The second kappa shape index (κ2) is 10.4. The van der Waals surface area contributed by atoms with Crippen molar-refractivity contribution in [2.45, 2.75) is 15.2 Å². The van der Waals surface area contributed by atoms with E-state index < -0.39 is 0 Å². The molecule has 0 amide bonds. The van der Waals surface area contributed by atoms with Gasteiger partial charge in [0, 0.05) is 15.2 Å². The number of hydrogen-bond acceptors (Lipinski definition) is 1. The van der Waals surface area contributed by atoms with Crippen LogP contribution in [0.1, 0.15) is 22.3 Å². The lowest BCUT2D eigenvalue weighted by atomic mass is 9.70. The van der Waals surface area contributed by atoms with E-state index in [9.17, 15) is 0 Å². The molecule has 1 spiro atoms. The highest BCUT2D eigenvalue weighted by Gasteiger charge is 2.52. The lowest BCUT2D eigenvalue weighted by molar-refractivity contribution is 0.795. The van der Waals surface area contributed by atoms with Crippen LogP contribution in [0.15, 0.2) is 192 Å². The zero-order chi connectivity index (χ0) is 34.0. The fraction of sp³-hybridized carbons (Fsp3) is 0.0196. The normalized spacial score (nSPS) is 15.7. The van der Waals surface area contributed by atoms with Gasteiger partial charge in [0.25, 0.3) is 0 Å². The lowest BCUT2D eigenvalue weighted by Crippen LogP contribution is -2.25. The van der Waals surface area contributed by atoms with Crippen molar-refractivity contribution in [1.29, 1.82) is 0 Å². The molecule has 0 aromatic heterocycles. The Morgan fingerprint density at radius 1 is 0.308 bits per heavy atom. The van der Waals surface area contributed by atoms with Crippen molar-refractivity contribution >= 4 is 33.3 Å². The summed E-state index contributed by atoms with van der Waals surface area (Å²) in [5.41, 5.74) is 18.1. The van der Waals surface area contributed by atoms with Crippen molar-refractivity contribution in [1.82, 2.24) is 0 Å². The summed E-state index contributed by atoms with van der Waals surface area (Å²) >= 11 is 1.88. The van der Waals surface area contributed by atoms with E-state index in [-0.39, 0.29) is 5.41 Å². The summed E-state index contributed by atoms with van der Waals surface area (Å²) in [5, 5.41) is 5.24. The molecule has 240 valence electrons. The van der Waals surface area contributed by atoms with E-state index in [0.29, 0.717) is 0 Å². The smallest absolute Gasteiger partial charge is 0.0725 e. The summed E-state index contributed by atoms with van der Waals surface area (Å²) in [6.45, 7) is 0. The Kier molecular flexibility index (Phi) is 5.73. The average Bonchev–Trinajstić information content (AvgIpc) is 3.67. The van der Waals surface area contributed by atoms with Gasteiger partial charge in [0.15, 0.2) is 0 Å². The first kappa shape index (κ1) is 28.5. The lowest BCUT2D eigenvalue weighted by Gasteiger charge is -2.30. The highest BCUT2D eigenvalue weighted by atomic mass is 32.2. The Morgan fingerprint density at radius 2 is 0.904 bits per heavy atom. The monoisotopic (exact) mass is 674 g/mol. The molecule has 9 aromatic carbocycles. The van der Waals surface area contributed by atoms with Gasteiger partial charge in [-0.2, -0.15) is 0 Å². The van der Waals surface area contributed by atoms with Crippen molar-refractivity contribution < 1.29 is 0 Å². The van der Waals surface area contributed by atoms with Crippen molar-refractivity contribution in [2.75, 3.05) is 0 Å². The summed E-state index contributed by atoms with van der Waals surface area (Å²) in [4.78, 5) is 2.66. The molecule has 1 heteroatoms. The molecule has 0 fully saturated rings. The van der Waals surface area contributed by atoms with Crippen LogP contribution < -0.4 is 0 Å². The number of benzene rings is 9. The zero-order valence-electron chi connectivity index (χ0n) is 28.2. The summed E-state index contributed by atoms with van der Waals surface area (Å²) in [6.07, 6.45) is 0. The number of fused-ring (bicyclic) bond motifs is 13. The van der Waals surface area contributed by atoms with Gasteiger partial charge in [0.05, 0.1) is 5.41 Å². The molecule has 0 nitrogen and oxygen atoms in total. The maximum absolute atomic E-state index is 2.47. The van der Waals surface area contributed by atoms with Crippen LogP contribution in [0, 0.1) is 0 Å². The van der Waals surface area contributed by atoms with Gasteiger partial charge in [-0.25, -0.2) is 0 Å². The molecule has 0 saturated carbocycles. The van der Waals surface area contributed by atoms with Crippen molar-refractivity contribution in [3.63, 3.8) is 0 Å². The molecule has 0 saturated heterocycles. The molecule has 0 radical (unpaired) electrons. The molecule has 52 heavy (non-hydrogen) atoms. The van der Waals surface area contributed by atoms with Gasteiger partial charge in [-0.1, -0.05) is 163 Å². The van der Waals surface area contributed by atoms with Crippen LogP contribution in [0.5, 0.6) is 0 Å². The largest absolute Gasteiger partial charge is 0.0888 e. The van der Waals surface area contributed by atoms with Crippen LogP contribution in [0.2, 0.25) is 0 Å². The maximum atomic E-state index is 2.47. The zero-order valence-corrected chi connectivity index (χ0v) is 29.0. The van der Waals surface area contributed by atoms with Gasteiger partial charge in [0.2, 0.25) is 0 Å². The van der Waals surface area contributed by atoms with Crippen LogP contribution in [-0.2, 0) is 5.41 Å². The van der Waals surface area contributed by atoms with E-state index in [0.717, 1.165) is 0 Å². The molecule has 1 aliphatic heterocycles. The summed E-state index contributed by atoms with van der Waals surface area (Å²) in [7, 11) is 0. The van der Waals surface area contributed by atoms with Gasteiger partial charge in [-0.3, -0.25) is 0 Å². The number of rotatable bonds is 2. The predicted molar refractivity (Wildman–Crippen MR) is 218 cm³/mol. The van der Waals surface area contributed by atoms with E-state index in [1.165, 1.54) is 109 Å². The topological polar surface area (TPSA) is 0 Å². The fourth-order valence-corrected chi connectivity index (χ4v) is 10.8. The first-order valence-corrected chi connectivity index (χ1v) is 18.9. The van der Waals surface area contributed by atoms with E-state index >= 15 is 0 Å². The Labute approximate surface area is 307 Å². The molecule has 9 aromatic rings. The van der Waals surface area contributed by atoms with E-state index in [4.69, 9.17) is 0 Å². The van der Waals surface area contributed by atoms with Crippen LogP contribution in [0.4, 0.5) is 0 Å². The third-order valence-electron chi connectivity index (χ3n) is 11.9. The van der Waals surface area contributed by atoms with Crippen LogP contribution >= 0.6 is 11.8 Å². The average molecular weight is 675 g/mol. The minimum Gasteiger partial charge on any atom is -0.0888 e. The molecule has 3 aliphatic rings. The third-order valence-corrected chi connectivity index (χ3v) is 13.0. The van der Waals surface area contributed by atoms with Gasteiger partial charge in [-0.15, -0.1) is 0 Å². The first-order valence-electron chi connectivity index (χ1n) is 18.1. The van der Waals surface area contributed by atoms with Crippen molar-refractivity contribution in [3.05, 3.63) is 204 Å². The van der Waals surface area contributed by atoms with E-state index in [1.54, 1.807) is 0 Å². The van der Waals surface area contributed by atoms with Crippen molar-refractivity contribution in [3.8, 4) is 55.6 Å². The first-order chi connectivity index (χ1) is 25.8. The molecule has 1 heterocycles. The quantitative estimate of drug-likeness (QED) is 0.176. The molecule has 2 aliphatic carbocycles. The fourth-order valence-electron chi connectivity index (χ4n) is 9.70. The Balaban J connectivity index is 1.02. The second-order valence-corrected chi connectivity index (χ2v) is 15.4. The molecule has 1 unspecified atom stereocenters. The molecule has 0 bridgehead atoms. The molecule has 0 N–H and O–H groups in total. The van der Waals surface area contributed by atoms with Crippen LogP contribution in [0.3, 0.4) is 0 Å². The summed E-state index contributed by atoms with van der Waals surface area (Å²) in [6, 6.07) is 68.5. The van der Waals surface area contributed by atoms with Crippen LogP contribution in [-0.4, -0.2) is 0 Å². The molecular formula is C51H30S. The molecule has 1 atom stereocenters. The minimum atomic E-state index is -0.375. The van der Waals surface area contributed by atoms with Crippen molar-refractivity contribution in [2.24, 2.45) is 0 Å². The SMILES string of the molecule is c1ccc2c(c1)-c1cc3ccccc3cc1C21c2ccccc2-c2c(-c3ccc(-c4ccc5c(c4)-c4cccc6cccc(c46)S5)cc3)cccc21. The second-order valence-electron chi connectivity index (χ2n) is 14.4. The van der Waals surface area contributed by atoms with Gasteiger partial charge < -0.3 is 0 Å². The van der Waals surface area contributed by atoms with E-state index in [1.807, 2.05) is 11.8 Å². The summed E-state index contributed by atoms with van der Waals surface area (Å²) < 4.78 is 0.